The lowest BCUT2D eigenvalue weighted by Crippen LogP contribution is -2.21. The van der Waals surface area contributed by atoms with Gasteiger partial charge in [0.05, 0.1) is 0 Å². The molecule has 2 aromatic rings. The van der Waals surface area contributed by atoms with E-state index in [2.05, 4.69) is 45.0 Å². The summed E-state index contributed by atoms with van der Waals surface area (Å²) in [5.74, 6) is -0.211. The molecule has 1 aromatic heterocycles. The highest BCUT2D eigenvalue weighted by Crippen LogP contribution is 2.22. The van der Waals surface area contributed by atoms with Crippen molar-refractivity contribution >= 4 is 32.4 Å². The van der Waals surface area contributed by atoms with E-state index in [9.17, 15) is 4.39 Å². The summed E-state index contributed by atoms with van der Waals surface area (Å²) in [6, 6.07) is 4.73. The van der Waals surface area contributed by atoms with Crippen LogP contribution in [0.1, 0.15) is 24.3 Å². The van der Waals surface area contributed by atoms with E-state index in [1.165, 1.54) is 10.9 Å². The SMILES string of the molecule is CCN(CC)c1ncc(CNCc2cc(F)ccc2Br)s1. The monoisotopic (exact) mass is 371 g/mol. The Morgan fingerprint density at radius 1 is 1.29 bits per heavy atom. The minimum atomic E-state index is -0.211. The van der Waals surface area contributed by atoms with Crippen LogP contribution in [0.3, 0.4) is 0 Å². The van der Waals surface area contributed by atoms with Crippen molar-refractivity contribution in [2.45, 2.75) is 26.9 Å². The summed E-state index contributed by atoms with van der Waals surface area (Å²) in [4.78, 5) is 7.87. The minimum Gasteiger partial charge on any atom is -0.349 e. The third-order valence-electron chi connectivity index (χ3n) is 3.20. The Bertz CT molecular complexity index is 584. The van der Waals surface area contributed by atoms with Crippen LogP contribution < -0.4 is 10.2 Å². The van der Waals surface area contributed by atoms with Crippen LogP contribution in [0.4, 0.5) is 9.52 Å². The second-order valence-corrected chi connectivity index (χ2v) is 6.57. The van der Waals surface area contributed by atoms with Crippen LogP contribution in [0.25, 0.3) is 0 Å². The maximum absolute atomic E-state index is 13.2. The molecular weight excluding hydrogens is 353 g/mol. The first-order valence-corrected chi connectivity index (χ1v) is 8.59. The van der Waals surface area contributed by atoms with Crippen molar-refractivity contribution in [2.75, 3.05) is 18.0 Å². The molecule has 0 saturated carbocycles. The molecule has 0 aliphatic rings. The lowest BCUT2D eigenvalue weighted by atomic mass is 10.2. The molecule has 1 aromatic carbocycles. The first-order chi connectivity index (χ1) is 10.1. The largest absolute Gasteiger partial charge is 0.349 e. The summed E-state index contributed by atoms with van der Waals surface area (Å²) in [5, 5.41) is 4.39. The van der Waals surface area contributed by atoms with E-state index >= 15 is 0 Å². The van der Waals surface area contributed by atoms with Gasteiger partial charge >= 0.3 is 0 Å². The van der Waals surface area contributed by atoms with E-state index in [0.29, 0.717) is 6.54 Å². The van der Waals surface area contributed by atoms with Crippen LogP contribution in [0, 0.1) is 5.82 Å². The summed E-state index contributed by atoms with van der Waals surface area (Å²) in [5.41, 5.74) is 0.920. The Kier molecular flexibility index (Phi) is 6.14. The van der Waals surface area contributed by atoms with Gasteiger partial charge in [0, 0.05) is 41.7 Å². The highest BCUT2D eigenvalue weighted by atomic mass is 79.9. The summed E-state index contributed by atoms with van der Waals surface area (Å²) in [6.07, 6.45) is 1.91. The maximum Gasteiger partial charge on any atom is 0.185 e. The van der Waals surface area contributed by atoms with E-state index < -0.39 is 0 Å². The first kappa shape index (κ1) is 16.4. The molecule has 1 N–H and O–H groups in total. The molecule has 0 bridgehead atoms. The first-order valence-electron chi connectivity index (χ1n) is 6.98. The van der Waals surface area contributed by atoms with Gasteiger partial charge in [0.2, 0.25) is 0 Å². The fourth-order valence-corrected chi connectivity index (χ4v) is 3.41. The van der Waals surface area contributed by atoms with E-state index in [-0.39, 0.29) is 5.82 Å². The Morgan fingerprint density at radius 3 is 2.76 bits per heavy atom. The van der Waals surface area contributed by atoms with Crippen LogP contribution in [0.5, 0.6) is 0 Å². The molecule has 21 heavy (non-hydrogen) atoms. The highest BCUT2D eigenvalue weighted by Gasteiger charge is 2.08. The van der Waals surface area contributed by atoms with Crippen molar-refractivity contribution in [2.24, 2.45) is 0 Å². The predicted octanol–water partition coefficient (Wildman–Crippen LogP) is 4.18. The van der Waals surface area contributed by atoms with Gasteiger partial charge in [-0.25, -0.2) is 9.37 Å². The van der Waals surface area contributed by atoms with E-state index in [1.807, 2.05) is 6.20 Å². The summed E-state index contributed by atoms with van der Waals surface area (Å²) < 4.78 is 14.1. The lowest BCUT2D eigenvalue weighted by molar-refractivity contribution is 0.619. The average molecular weight is 372 g/mol. The van der Waals surface area contributed by atoms with Gasteiger partial charge < -0.3 is 10.2 Å². The van der Waals surface area contributed by atoms with Crippen LogP contribution >= 0.6 is 27.3 Å². The Hall–Kier alpha value is -0.980. The quantitative estimate of drug-likeness (QED) is 0.790. The molecule has 0 spiro atoms. The summed E-state index contributed by atoms with van der Waals surface area (Å²) >= 11 is 5.13. The molecule has 0 fully saturated rings. The molecule has 0 saturated heterocycles. The number of rotatable bonds is 7. The Morgan fingerprint density at radius 2 is 2.05 bits per heavy atom. The number of hydrogen-bond acceptors (Lipinski definition) is 4. The van der Waals surface area contributed by atoms with Crippen molar-refractivity contribution < 1.29 is 4.39 Å². The van der Waals surface area contributed by atoms with Gasteiger partial charge in [-0.15, -0.1) is 11.3 Å². The zero-order valence-corrected chi connectivity index (χ0v) is 14.6. The maximum atomic E-state index is 13.2. The molecule has 0 amide bonds. The minimum absolute atomic E-state index is 0.211. The summed E-state index contributed by atoms with van der Waals surface area (Å²) in [6.45, 7) is 7.55. The van der Waals surface area contributed by atoms with Crippen LogP contribution in [0.2, 0.25) is 0 Å². The van der Waals surface area contributed by atoms with Gasteiger partial charge in [0.25, 0.3) is 0 Å². The second kappa shape index (κ2) is 7.87. The fraction of sp³-hybridized carbons (Fsp3) is 0.400. The van der Waals surface area contributed by atoms with Crippen molar-refractivity contribution in [1.82, 2.24) is 10.3 Å². The normalized spacial score (nSPS) is 10.9. The van der Waals surface area contributed by atoms with Gasteiger partial charge in [0.1, 0.15) is 5.82 Å². The predicted molar refractivity (Wildman–Crippen MR) is 90.3 cm³/mol. The zero-order chi connectivity index (χ0) is 15.2. The fourth-order valence-electron chi connectivity index (χ4n) is 2.02. The number of halogens is 2. The van der Waals surface area contributed by atoms with Crippen molar-refractivity contribution in [1.29, 1.82) is 0 Å². The van der Waals surface area contributed by atoms with E-state index in [4.69, 9.17) is 0 Å². The highest BCUT2D eigenvalue weighted by molar-refractivity contribution is 9.10. The number of hydrogen-bond donors (Lipinski definition) is 1. The smallest absolute Gasteiger partial charge is 0.185 e. The zero-order valence-electron chi connectivity index (χ0n) is 12.2. The molecule has 114 valence electrons. The molecule has 1 heterocycles. The molecule has 0 unspecified atom stereocenters. The molecule has 2 rings (SSSR count). The van der Waals surface area contributed by atoms with Crippen LogP contribution in [0.15, 0.2) is 28.9 Å². The van der Waals surface area contributed by atoms with Gasteiger partial charge in [0.15, 0.2) is 5.13 Å². The second-order valence-electron chi connectivity index (χ2n) is 4.62. The number of nitrogens with zero attached hydrogens (tertiary/aromatic N) is 2. The van der Waals surface area contributed by atoms with Crippen molar-refractivity contribution in [3.05, 3.63) is 45.1 Å². The third kappa shape index (κ3) is 4.49. The Labute approximate surface area is 137 Å². The topological polar surface area (TPSA) is 28.2 Å². The molecule has 6 heteroatoms. The number of nitrogens with one attached hydrogen (secondary N) is 1. The number of thiazole rings is 1. The molecule has 0 atom stereocenters. The van der Waals surface area contributed by atoms with Crippen LogP contribution in [-0.4, -0.2) is 18.1 Å². The molecule has 0 aliphatic carbocycles. The molecular formula is C15H19BrFN3S. The standard InChI is InChI=1S/C15H19BrFN3S/c1-3-20(4-2)15-19-10-13(21-15)9-18-8-11-7-12(17)5-6-14(11)16/h5-7,10,18H,3-4,8-9H2,1-2H3. The van der Waals surface area contributed by atoms with Gasteiger partial charge in [-0.3, -0.25) is 0 Å². The van der Waals surface area contributed by atoms with Crippen molar-refractivity contribution in [3.63, 3.8) is 0 Å². The third-order valence-corrected chi connectivity index (χ3v) is 5.03. The van der Waals surface area contributed by atoms with Crippen molar-refractivity contribution in [3.8, 4) is 0 Å². The average Bonchev–Trinajstić information content (AvgIpc) is 2.93. The Balaban J connectivity index is 1.90. The number of benzene rings is 1. The number of anilines is 1. The lowest BCUT2D eigenvalue weighted by Gasteiger charge is -2.16. The van der Waals surface area contributed by atoms with E-state index in [1.54, 1.807) is 23.5 Å². The molecule has 0 aliphatic heterocycles. The van der Waals surface area contributed by atoms with Crippen LogP contribution in [-0.2, 0) is 13.1 Å². The van der Waals surface area contributed by atoms with Gasteiger partial charge in [-0.1, -0.05) is 15.9 Å². The molecule has 0 radical (unpaired) electrons. The molecule has 3 nitrogen and oxygen atoms in total. The summed E-state index contributed by atoms with van der Waals surface area (Å²) in [7, 11) is 0. The van der Waals surface area contributed by atoms with Gasteiger partial charge in [-0.05, 0) is 37.6 Å². The van der Waals surface area contributed by atoms with E-state index in [0.717, 1.165) is 34.8 Å². The van der Waals surface area contributed by atoms with Gasteiger partial charge in [-0.2, -0.15) is 0 Å². The number of aromatic nitrogens is 1.